The molecule has 6 nitrogen and oxygen atoms in total. The van der Waals surface area contributed by atoms with Crippen molar-refractivity contribution in [3.05, 3.63) is 52.7 Å². The lowest BCUT2D eigenvalue weighted by Gasteiger charge is -2.37. The highest BCUT2D eigenvalue weighted by molar-refractivity contribution is 6.31. The number of anilines is 1. The lowest BCUT2D eigenvalue weighted by molar-refractivity contribution is -0.140. The lowest BCUT2D eigenvalue weighted by atomic mass is 9.87. The molecule has 1 fully saturated rings. The van der Waals surface area contributed by atoms with Gasteiger partial charge >= 0.3 is 6.18 Å². The van der Waals surface area contributed by atoms with Gasteiger partial charge in [0.2, 0.25) is 5.91 Å². The molecule has 0 saturated heterocycles. The van der Waals surface area contributed by atoms with Crippen LogP contribution in [0.25, 0.3) is 10.9 Å². The topological polar surface area (TPSA) is 73.9 Å². The maximum atomic E-state index is 13.5. The number of nitrogens with one attached hydrogen (secondary N) is 2. The number of rotatable bonds is 4. The molecule has 2 aliphatic carbocycles. The Morgan fingerprint density at radius 1 is 1.17 bits per heavy atom. The van der Waals surface area contributed by atoms with E-state index in [1.165, 1.54) is 6.07 Å². The molecule has 1 atom stereocenters. The highest BCUT2D eigenvalue weighted by Crippen LogP contribution is 2.37. The third-order valence-electron chi connectivity index (χ3n) is 7.37. The number of aryl methyl sites for hydroxylation is 1. The van der Waals surface area contributed by atoms with E-state index < -0.39 is 11.9 Å². The number of nitrogens with zero attached hydrogens (tertiary/aromatic N) is 3. The van der Waals surface area contributed by atoms with Crippen molar-refractivity contribution in [3.8, 4) is 0 Å². The summed E-state index contributed by atoms with van der Waals surface area (Å²) in [6.07, 6.45) is 2.50. The van der Waals surface area contributed by atoms with Crippen LogP contribution < -0.4 is 10.2 Å². The predicted octanol–water partition coefficient (Wildman–Crippen LogP) is 5.30. The van der Waals surface area contributed by atoms with Crippen LogP contribution in [0.4, 0.5) is 18.9 Å². The molecule has 1 aromatic carbocycles. The summed E-state index contributed by atoms with van der Waals surface area (Å²) in [4.78, 5) is 26.0. The third kappa shape index (κ3) is 4.96. The van der Waals surface area contributed by atoms with Crippen LogP contribution in [0.2, 0.25) is 5.02 Å². The molecule has 1 unspecified atom stereocenters. The highest BCUT2D eigenvalue weighted by Gasteiger charge is 2.35. The molecule has 2 N–H and O–H groups in total. The first-order chi connectivity index (χ1) is 16.7. The minimum absolute atomic E-state index is 0.0519. The van der Waals surface area contributed by atoms with Gasteiger partial charge in [-0.25, -0.2) is 9.97 Å². The Bertz CT molecular complexity index is 1240. The molecule has 3 aromatic rings. The Kier molecular flexibility index (Phi) is 6.38. The van der Waals surface area contributed by atoms with Crippen molar-refractivity contribution >= 4 is 34.1 Å². The summed E-state index contributed by atoms with van der Waals surface area (Å²) in [6.45, 7) is 0. The zero-order valence-electron chi connectivity index (χ0n) is 19.3. The van der Waals surface area contributed by atoms with E-state index in [2.05, 4.69) is 20.3 Å². The van der Waals surface area contributed by atoms with Crippen LogP contribution in [0.15, 0.2) is 30.6 Å². The monoisotopic (exact) mass is 505 g/mol. The summed E-state index contributed by atoms with van der Waals surface area (Å²) in [6, 6.07) is 5.97. The van der Waals surface area contributed by atoms with Crippen molar-refractivity contribution in [1.29, 1.82) is 0 Å². The Labute approximate surface area is 206 Å². The van der Waals surface area contributed by atoms with Gasteiger partial charge in [0, 0.05) is 53.3 Å². The fraction of sp³-hybridized carbons (Fsp3) is 0.480. The van der Waals surface area contributed by atoms with Crippen molar-refractivity contribution in [3.63, 3.8) is 0 Å². The SMILES string of the molecule is CN(c1cc(C(F)(F)F)nc2ccc(Cl)cc12)C1CCC(NC(=O)C2CCc3nc[nH]c3C2)CC1. The second-order valence-electron chi connectivity index (χ2n) is 9.58. The van der Waals surface area contributed by atoms with Crippen LogP contribution in [0.1, 0.15) is 49.2 Å². The fourth-order valence-electron chi connectivity index (χ4n) is 5.37. The first-order valence-electron chi connectivity index (χ1n) is 11.9. The van der Waals surface area contributed by atoms with E-state index in [0.29, 0.717) is 22.5 Å². The number of hydrogen-bond donors (Lipinski definition) is 2. The van der Waals surface area contributed by atoms with Gasteiger partial charge in [0.15, 0.2) is 0 Å². The zero-order chi connectivity index (χ0) is 24.7. The number of amides is 1. The van der Waals surface area contributed by atoms with Crippen LogP contribution in [0.5, 0.6) is 0 Å². The number of H-pyrrole nitrogens is 1. The highest BCUT2D eigenvalue weighted by atomic mass is 35.5. The number of pyridine rings is 1. The molecule has 2 aliphatic rings. The van der Waals surface area contributed by atoms with E-state index in [0.717, 1.165) is 56.0 Å². The number of carbonyl (C=O) groups excluding carboxylic acids is 1. The van der Waals surface area contributed by atoms with Crippen LogP contribution in [0.3, 0.4) is 0 Å². The first kappa shape index (κ1) is 23.9. The van der Waals surface area contributed by atoms with E-state index in [4.69, 9.17) is 11.6 Å². The average molecular weight is 506 g/mol. The van der Waals surface area contributed by atoms with Crippen molar-refractivity contribution in [2.75, 3.05) is 11.9 Å². The normalized spacial score (nSPS) is 22.6. The van der Waals surface area contributed by atoms with Crippen molar-refractivity contribution in [1.82, 2.24) is 20.3 Å². The summed E-state index contributed by atoms with van der Waals surface area (Å²) in [5, 5.41) is 4.25. The van der Waals surface area contributed by atoms with Crippen LogP contribution in [-0.4, -0.2) is 40.0 Å². The fourth-order valence-corrected chi connectivity index (χ4v) is 5.54. The molecule has 0 bridgehead atoms. The van der Waals surface area contributed by atoms with Gasteiger partial charge in [0.05, 0.1) is 17.5 Å². The molecule has 0 spiro atoms. The molecule has 0 radical (unpaired) electrons. The number of hydrogen-bond acceptors (Lipinski definition) is 4. The van der Waals surface area contributed by atoms with Gasteiger partial charge in [-0.05, 0) is 62.8 Å². The maximum absolute atomic E-state index is 13.5. The van der Waals surface area contributed by atoms with Crippen molar-refractivity contribution in [2.45, 2.75) is 63.2 Å². The van der Waals surface area contributed by atoms with Crippen LogP contribution in [0, 0.1) is 5.92 Å². The van der Waals surface area contributed by atoms with Crippen LogP contribution in [-0.2, 0) is 23.8 Å². The number of imidazole rings is 1. The first-order valence-corrected chi connectivity index (χ1v) is 12.3. The Morgan fingerprint density at radius 2 is 1.94 bits per heavy atom. The van der Waals surface area contributed by atoms with Crippen molar-refractivity contribution in [2.24, 2.45) is 5.92 Å². The van der Waals surface area contributed by atoms with Gasteiger partial charge in [-0.15, -0.1) is 0 Å². The average Bonchev–Trinajstić information content (AvgIpc) is 3.31. The Balaban J connectivity index is 1.26. The summed E-state index contributed by atoms with van der Waals surface area (Å²) < 4.78 is 40.6. The van der Waals surface area contributed by atoms with Gasteiger partial charge in [-0.2, -0.15) is 13.2 Å². The largest absolute Gasteiger partial charge is 0.433 e. The molecule has 35 heavy (non-hydrogen) atoms. The molecule has 10 heteroatoms. The summed E-state index contributed by atoms with van der Waals surface area (Å²) in [7, 11) is 1.82. The lowest BCUT2D eigenvalue weighted by Crippen LogP contribution is -2.45. The van der Waals surface area contributed by atoms with Gasteiger partial charge in [-0.1, -0.05) is 11.6 Å². The standard InChI is InChI=1S/C25H27ClF3N5O/c1-34(22-12-23(25(27,28)29)33-19-9-3-15(26)11-18(19)22)17-6-4-16(5-7-17)32-24(35)14-2-8-20-21(10-14)31-13-30-20/h3,9,11-14,16-17H,2,4-8,10H2,1H3,(H,30,31)(H,32,35). The summed E-state index contributed by atoms with van der Waals surface area (Å²) >= 11 is 6.15. The summed E-state index contributed by atoms with van der Waals surface area (Å²) in [5.41, 5.74) is 1.92. The van der Waals surface area contributed by atoms with E-state index in [9.17, 15) is 18.0 Å². The second-order valence-corrected chi connectivity index (χ2v) is 10.0. The number of halogens is 4. The maximum Gasteiger partial charge on any atom is 0.433 e. The minimum atomic E-state index is -4.54. The van der Waals surface area contributed by atoms with Gasteiger partial charge < -0.3 is 15.2 Å². The number of benzene rings is 1. The van der Waals surface area contributed by atoms with Gasteiger partial charge in [0.1, 0.15) is 5.69 Å². The van der Waals surface area contributed by atoms with E-state index in [1.54, 1.807) is 18.5 Å². The minimum Gasteiger partial charge on any atom is -0.371 e. The number of fused-ring (bicyclic) bond motifs is 2. The zero-order valence-corrected chi connectivity index (χ0v) is 20.1. The number of aromatic nitrogens is 3. The molecule has 0 aliphatic heterocycles. The molecular weight excluding hydrogens is 479 g/mol. The quantitative estimate of drug-likeness (QED) is 0.504. The second kappa shape index (κ2) is 9.33. The number of aromatic amines is 1. The Hall–Kier alpha value is -2.81. The van der Waals surface area contributed by atoms with E-state index in [-0.39, 0.29) is 29.4 Å². The smallest absolute Gasteiger partial charge is 0.371 e. The predicted molar refractivity (Wildman–Crippen MR) is 128 cm³/mol. The third-order valence-corrected chi connectivity index (χ3v) is 7.60. The van der Waals surface area contributed by atoms with E-state index in [1.807, 2.05) is 11.9 Å². The van der Waals surface area contributed by atoms with Gasteiger partial charge in [0.25, 0.3) is 0 Å². The van der Waals surface area contributed by atoms with Crippen molar-refractivity contribution < 1.29 is 18.0 Å². The van der Waals surface area contributed by atoms with Crippen LogP contribution >= 0.6 is 11.6 Å². The number of carbonyl (C=O) groups is 1. The Morgan fingerprint density at radius 3 is 2.69 bits per heavy atom. The molecule has 1 saturated carbocycles. The van der Waals surface area contributed by atoms with Gasteiger partial charge in [-0.3, -0.25) is 4.79 Å². The molecule has 2 heterocycles. The molecule has 1 amide bonds. The molecule has 5 rings (SSSR count). The van der Waals surface area contributed by atoms with E-state index >= 15 is 0 Å². The molecule has 186 valence electrons. The molecular formula is C25H27ClF3N5O. The number of alkyl halides is 3. The molecule has 2 aromatic heterocycles. The summed E-state index contributed by atoms with van der Waals surface area (Å²) in [5.74, 6) is 0.0173.